The molecule has 0 fully saturated rings. The first-order valence-corrected chi connectivity index (χ1v) is 14.0. The molecule has 1 heterocycles. The molecule has 0 spiro atoms. The van der Waals surface area contributed by atoms with E-state index in [9.17, 15) is 9.36 Å². The molecule has 1 aromatic heterocycles. The Morgan fingerprint density at radius 2 is 1.49 bits per heavy atom. The van der Waals surface area contributed by atoms with E-state index in [1.54, 1.807) is 17.9 Å². The highest BCUT2D eigenvalue weighted by Gasteiger charge is 2.17. The molecule has 0 aromatic carbocycles. The van der Waals surface area contributed by atoms with Crippen molar-refractivity contribution in [3.8, 4) is 0 Å². The highest BCUT2D eigenvalue weighted by molar-refractivity contribution is 7.47. The van der Waals surface area contributed by atoms with E-state index in [-0.39, 0.29) is 13.9 Å². The summed E-state index contributed by atoms with van der Waals surface area (Å²) < 4.78 is 48.9. The summed E-state index contributed by atoms with van der Waals surface area (Å²) in [6.45, 7) is 5.21. The lowest BCUT2D eigenvalue weighted by Crippen LogP contribution is -2.25. The van der Waals surface area contributed by atoms with Gasteiger partial charge in [-0.3, -0.25) is 18.5 Å². The van der Waals surface area contributed by atoms with E-state index >= 15 is 0 Å². The summed E-state index contributed by atoms with van der Waals surface area (Å²) in [5.74, 6) is -0.0572. The number of aromatic nitrogens is 3. The van der Waals surface area contributed by atoms with Crippen LogP contribution in [0.25, 0.3) is 0 Å². The fraction of sp³-hybridized carbons (Fsp3) is 0.864. The summed E-state index contributed by atoms with van der Waals surface area (Å²) in [7, 11) is -0.943. The number of rotatable bonds is 26. The topological polar surface area (TPSA) is 162 Å². The van der Waals surface area contributed by atoms with Gasteiger partial charge in [-0.2, -0.15) is 0 Å². The third-order valence-electron chi connectivity index (χ3n) is 4.74. The van der Waals surface area contributed by atoms with Crippen molar-refractivity contribution in [3.05, 3.63) is 11.9 Å². The van der Waals surface area contributed by atoms with Crippen molar-refractivity contribution < 1.29 is 48.4 Å². The molecular weight excluding hydrogens is 511 g/mol. The van der Waals surface area contributed by atoms with Gasteiger partial charge >= 0.3 is 7.82 Å². The van der Waals surface area contributed by atoms with Crippen molar-refractivity contribution in [1.29, 1.82) is 0 Å². The standard InChI is InChI=1S/C22H43N4O10P.H2/c1-26-19-21(24-25-26)20-35-18-17-34-16-15-33-14-13-32-12-11-31-10-7-22(27)23-8-5-3-4-6-9-36-37(28,29)30-2;/h19H,3-18,20H2,1-2H3,(H,23,27)(H,28,29);1H. The number of aryl methyl sites for hydroxylation is 1. The number of phosphoric ester groups is 1. The highest BCUT2D eigenvalue weighted by Crippen LogP contribution is 2.41. The maximum absolute atomic E-state index is 11.8. The monoisotopic (exact) mass is 556 g/mol. The Labute approximate surface area is 220 Å². The molecule has 14 nitrogen and oxygen atoms in total. The summed E-state index contributed by atoms with van der Waals surface area (Å²) in [6, 6.07) is 0. The van der Waals surface area contributed by atoms with Crippen LogP contribution in [0, 0.1) is 0 Å². The smallest absolute Gasteiger partial charge is 0.379 e. The molecule has 1 rings (SSSR count). The zero-order valence-electron chi connectivity index (χ0n) is 22.0. The number of ether oxygens (including phenoxy) is 5. The number of hydrogen-bond acceptors (Lipinski definition) is 11. The van der Waals surface area contributed by atoms with E-state index in [1.807, 2.05) is 0 Å². The Hall–Kier alpha value is -1.48. The second-order valence-electron chi connectivity index (χ2n) is 7.88. The van der Waals surface area contributed by atoms with Gasteiger partial charge in [-0.15, -0.1) is 5.10 Å². The molecule has 1 unspecified atom stereocenters. The summed E-state index contributed by atoms with van der Waals surface area (Å²) in [4.78, 5) is 20.8. The van der Waals surface area contributed by atoms with Gasteiger partial charge in [0.25, 0.3) is 0 Å². The minimum absolute atomic E-state index is 0. The summed E-state index contributed by atoms with van der Waals surface area (Å²) in [5, 5.41) is 10.6. The van der Waals surface area contributed by atoms with Crippen LogP contribution in [0.1, 0.15) is 39.2 Å². The van der Waals surface area contributed by atoms with Gasteiger partial charge in [-0.25, -0.2) is 4.57 Å². The quantitative estimate of drug-likeness (QED) is 0.125. The van der Waals surface area contributed by atoms with Crippen LogP contribution in [-0.4, -0.2) is 106 Å². The molecule has 0 saturated heterocycles. The lowest BCUT2D eigenvalue weighted by Gasteiger charge is -2.09. The molecule has 0 aliphatic carbocycles. The summed E-state index contributed by atoms with van der Waals surface area (Å²) >= 11 is 0. The van der Waals surface area contributed by atoms with Crippen LogP contribution in [0.15, 0.2) is 6.20 Å². The molecule has 0 bridgehead atoms. The first kappa shape index (κ1) is 33.5. The van der Waals surface area contributed by atoms with Crippen molar-refractivity contribution in [2.24, 2.45) is 7.05 Å². The van der Waals surface area contributed by atoms with Crippen molar-refractivity contribution in [2.75, 3.05) is 79.7 Å². The van der Waals surface area contributed by atoms with Crippen LogP contribution in [-0.2, 0) is 55.7 Å². The number of amides is 1. The van der Waals surface area contributed by atoms with Crippen LogP contribution in [0.5, 0.6) is 0 Å². The molecule has 2 N–H and O–H groups in total. The largest absolute Gasteiger partial charge is 0.471 e. The van der Waals surface area contributed by atoms with Gasteiger partial charge in [-0.1, -0.05) is 18.1 Å². The van der Waals surface area contributed by atoms with Gasteiger partial charge in [-0.05, 0) is 12.8 Å². The minimum atomic E-state index is -3.88. The van der Waals surface area contributed by atoms with E-state index in [1.165, 1.54) is 0 Å². The van der Waals surface area contributed by atoms with Gasteiger partial charge < -0.3 is 33.9 Å². The number of nitrogens with zero attached hydrogens (tertiary/aromatic N) is 3. The summed E-state index contributed by atoms with van der Waals surface area (Å²) in [5.41, 5.74) is 0.785. The fourth-order valence-corrected chi connectivity index (χ4v) is 3.28. The molecule has 0 saturated carbocycles. The Kier molecular flexibility index (Phi) is 20.4. The predicted octanol–water partition coefficient (Wildman–Crippen LogP) is 1.47. The molecule has 0 aliphatic heterocycles. The lowest BCUT2D eigenvalue weighted by atomic mass is 10.2. The molecule has 37 heavy (non-hydrogen) atoms. The van der Waals surface area contributed by atoms with Crippen LogP contribution in [0.4, 0.5) is 0 Å². The molecule has 0 aliphatic rings. The number of unbranched alkanes of at least 4 members (excludes halogenated alkanes) is 3. The second kappa shape index (κ2) is 22.5. The van der Waals surface area contributed by atoms with E-state index in [2.05, 4.69) is 20.2 Å². The normalized spacial score (nSPS) is 13.1. The zero-order chi connectivity index (χ0) is 27.0. The molecule has 1 atom stereocenters. The van der Waals surface area contributed by atoms with Gasteiger partial charge in [0, 0.05) is 28.5 Å². The van der Waals surface area contributed by atoms with Gasteiger partial charge in [0.05, 0.1) is 78.9 Å². The van der Waals surface area contributed by atoms with Gasteiger partial charge in [0.1, 0.15) is 5.69 Å². The SMILES string of the molecule is COP(=O)(O)OCCCCCCNC(=O)CCOCCOCCOCCOCCOCc1cn(C)nn1.[HH]. The van der Waals surface area contributed by atoms with Crippen molar-refractivity contribution in [2.45, 2.75) is 38.7 Å². The van der Waals surface area contributed by atoms with Crippen molar-refractivity contribution in [1.82, 2.24) is 20.3 Å². The Morgan fingerprint density at radius 1 is 0.919 bits per heavy atom. The average molecular weight is 557 g/mol. The molecular formula is C22H45N4O10P. The lowest BCUT2D eigenvalue weighted by molar-refractivity contribution is -0.122. The third kappa shape index (κ3) is 21.2. The predicted molar refractivity (Wildman–Crippen MR) is 135 cm³/mol. The molecule has 15 heteroatoms. The third-order valence-corrected chi connectivity index (χ3v) is 5.71. The van der Waals surface area contributed by atoms with Crippen LogP contribution < -0.4 is 5.32 Å². The van der Waals surface area contributed by atoms with Crippen LogP contribution in [0.3, 0.4) is 0 Å². The fourth-order valence-electron chi connectivity index (χ4n) is 2.81. The first-order chi connectivity index (χ1) is 17.9. The maximum Gasteiger partial charge on any atom is 0.471 e. The number of carbonyl (C=O) groups is 1. The van der Waals surface area contributed by atoms with E-state index in [0.29, 0.717) is 85.5 Å². The molecule has 1 amide bonds. The van der Waals surface area contributed by atoms with E-state index in [4.69, 9.17) is 33.1 Å². The van der Waals surface area contributed by atoms with Crippen LogP contribution in [0.2, 0.25) is 0 Å². The van der Waals surface area contributed by atoms with Crippen molar-refractivity contribution in [3.63, 3.8) is 0 Å². The first-order valence-electron chi connectivity index (χ1n) is 12.5. The van der Waals surface area contributed by atoms with Crippen molar-refractivity contribution >= 4 is 13.7 Å². The van der Waals surface area contributed by atoms with E-state index in [0.717, 1.165) is 32.1 Å². The number of phosphoric acid groups is 1. The maximum atomic E-state index is 11.8. The molecule has 218 valence electrons. The second-order valence-corrected chi connectivity index (χ2v) is 9.44. The van der Waals surface area contributed by atoms with Crippen LogP contribution >= 0.6 is 7.82 Å². The van der Waals surface area contributed by atoms with E-state index < -0.39 is 7.82 Å². The highest BCUT2D eigenvalue weighted by atomic mass is 31.2. The number of hydrogen-bond donors (Lipinski definition) is 2. The average Bonchev–Trinajstić information content (AvgIpc) is 3.30. The molecule has 0 radical (unpaired) electrons. The van der Waals surface area contributed by atoms with Gasteiger partial charge in [0.2, 0.25) is 5.91 Å². The Bertz CT molecular complexity index is 747. The molecule has 1 aromatic rings. The minimum Gasteiger partial charge on any atom is -0.379 e. The Morgan fingerprint density at radius 3 is 2.05 bits per heavy atom. The number of nitrogens with one attached hydrogen (secondary N) is 1. The summed E-state index contributed by atoms with van der Waals surface area (Å²) in [6.07, 6.45) is 5.31. The van der Waals surface area contributed by atoms with Gasteiger partial charge in [0.15, 0.2) is 0 Å². The Balaban J connectivity index is 0.0000137. The number of carbonyl (C=O) groups excluding carboxylic acids is 1. The zero-order valence-corrected chi connectivity index (χ0v) is 22.9.